The Morgan fingerprint density at radius 1 is 1.35 bits per heavy atom. The van der Waals surface area contributed by atoms with Crippen molar-refractivity contribution in [2.45, 2.75) is 32.4 Å². The van der Waals surface area contributed by atoms with Gasteiger partial charge in [0.2, 0.25) is 0 Å². The smallest absolute Gasteiger partial charge is 0.156 e. The Kier molecular flexibility index (Phi) is 4.82. The van der Waals surface area contributed by atoms with Crippen molar-refractivity contribution in [3.05, 3.63) is 29.0 Å². The van der Waals surface area contributed by atoms with Crippen LogP contribution in [0.1, 0.15) is 35.2 Å². The number of anilines is 1. The van der Waals surface area contributed by atoms with Gasteiger partial charge in [-0.1, -0.05) is 10.3 Å². The van der Waals surface area contributed by atoms with Gasteiger partial charge in [-0.25, -0.2) is 14.6 Å². The van der Waals surface area contributed by atoms with E-state index in [4.69, 9.17) is 14.1 Å². The average molecular weight is 319 g/mol. The summed E-state index contributed by atoms with van der Waals surface area (Å²) >= 11 is 0. The highest BCUT2D eigenvalue weighted by atomic mass is 16.6. The van der Waals surface area contributed by atoms with Crippen molar-refractivity contribution in [2.24, 2.45) is 0 Å². The van der Waals surface area contributed by atoms with E-state index in [1.165, 1.54) is 0 Å². The third-order valence-electron chi connectivity index (χ3n) is 3.92. The number of nitrogens with zero attached hydrogens (tertiary/aromatic N) is 5. The predicted molar refractivity (Wildman–Crippen MR) is 82.1 cm³/mol. The molecule has 0 saturated carbocycles. The summed E-state index contributed by atoms with van der Waals surface area (Å²) in [6.07, 6.45) is 0.985. The van der Waals surface area contributed by atoms with Crippen LogP contribution in [0.3, 0.4) is 0 Å². The van der Waals surface area contributed by atoms with E-state index < -0.39 is 0 Å². The summed E-state index contributed by atoms with van der Waals surface area (Å²) in [6.45, 7) is 4.31. The van der Waals surface area contributed by atoms with Gasteiger partial charge >= 0.3 is 0 Å². The molecule has 8 heteroatoms. The normalized spacial score (nSPS) is 17.6. The number of aryl methyl sites for hydroxylation is 1. The van der Waals surface area contributed by atoms with Gasteiger partial charge < -0.3 is 14.4 Å². The highest BCUT2D eigenvalue weighted by molar-refractivity contribution is 5.40. The molecule has 2 aromatic heterocycles. The Morgan fingerprint density at radius 3 is 2.87 bits per heavy atom. The van der Waals surface area contributed by atoms with Crippen molar-refractivity contribution in [2.75, 3.05) is 32.3 Å². The SMILES string of the molecule is COCc1nc([C@@H]2CCOC2)cc(N(C)Cc2nonc2C)n1. The van der Waals surface area contributed by atoms with E-state index in [2.05, 4.69) is 20.3 Å². The zero-order valence-electron chi connectivity index (χ0n) is 13.7. The molecule has 0 aromatic carbocycles. The second kappa shape index (κ2) is 7.01. The van der Waals surface area contributed by atoms with Gasteiger partial charge in [0.25, 0.3) is 0 Å². The van der Waals surface area contributed by atoms with Gasteiger partial charge in [0.1, 0.15) is 23.8 Å². The maximum absolute atomic E-state index is 5.48. The van der Waals surface area contributed by atoms with Gasteiger partial charge in [-0.15, -0.1) is 0 Å². The van der Waals surface area contributed by atoms with Crippen LogP contribution in [0, 0.1) is 6.92 Å². The van der Waals surface area contributed by atoms with Crippen LogP contribution >= 0.6 is 0 Å². The third kappa shape index (κ3) is 3.65. The van der Waals surface area contributed by atoms with Crippen LogP contribution in [0.25, 0.3) is 0 Å². The molecule has 0 N–H and O–H groups in total. The maximum atomic E-state index is 5.48. The first-order valence-electron chi connectivity index (χ1n) is 7.61. The highest BCUT2D eigenvalue weighted by Gasteiger charge is 2.22. The molecule has 3 heterocycles. The van der Waals surface area contributed by atoms with E-state index in [0.717, 1.165) is 35.9 Å². The molecule has 23 heavy (non-hydrogen) atoms. The van der Waals surface area contributed by atoms with Gasteiger partial charge in [-0.05, 0) is 13.3 Å². The molecule has 1 fully saturated rings. The molecule has 3 rings (SSSR count). The monoisotopic (exact) mass is 319 g/mol. The number of aromatic nitrogens is 4. The molecule has 0 amide bonds. The first-order chi connectivity index (χ1) is 11.2. The van der Waals surface area contributed by atoms with Crippen molar-refractivity contribution in [3.8, 4) is 0 Å². The number of ether oxygens (including phenoxy) is 2. The van der Waals surface area contributed by atoms with Crippen LogP contribution in [0.15, 0.2) is 10.7 Å². The molecular weight excluding hydrogens is 298 g/mol. The van der Waals surface area contributed by atoms with Crippen molar-refractivity contribution in [3.63, 3.8) is 0 Å². The van der Waals surface area contributed by atoms with E-state index >= 15 is 0 Å². The van der Waals surface area contributed by atoms with Crippen LogP contribution in [-0.4, -0.2) is 47.7 Å². The summed E-state index contributed by atoms with van der Waals surface area (Å²) in [6, 6.07) is 2.02. The predicted octanol–water partition coefficient (Wildman–Crippen LogP) is 1.45. The lowest BCUT2D eigenvalue weighted by Gasteiger charge is -2.19. The average Bonchev–Trinajstić information content (AvgIpc) is 3.20. The van der Waals surface area contributed by atoms with E-state index in [1.54, 1.807) is 7.11 Å². The molecule has 1 atom stereocenters. The van der Waals surface area contributed by atoms with Crippen LogP contribution in [0.2, 0.25) is 0 Å². The van der Waals surface area contributed by atoms with Gasteiger partial charge in [0, 0.05) is 32.7 Å². The van der Waals surface area contributed by atoms with Crippen molar-refractivity contribution in [1.29, 1.82) is 0 Å². The Labute approximate surface area is 134 Å². The van der Waals surface area contributed by atoms with Crippen LogP contribution in [-0.2, 0) is 22.6 Å². The van der Waals surface area contributed by atoms with E-state index in [1.807, 2.05) is 24.9 Å². The summed E-state index contributed by atoms with van der Waals surface area (Å²) in [5.41, 5.74) is 2.58. The largest absolute Gasteiger partial charge is 0.381 e. The van der Waals surface area contributed by atoms with Gasteiger partial charge in [0.15, 0.2) is 5.82 Å². The minimum atomic E-state index is 0.316. The van der Waals surface area contributed by atoms with Crippen molar-refractivity contribution >= 4 is 5.82 Å². The summed E-state index contributed by atoms with van der Waals surface area (Å²) < 4.78 is 15.4. The van der Waals surface area contributed by atoms with Gasteiger partial charge in [-0.2, -0.15) is 0 Å². The molecular formula is C15H21N5O3. The van der Waals surface area contributed by atoms with Crippen molar-refractivity contribution in [1.82, 2.24) is 20.3 Å². The molecule has 1 saturated heterocycles. The molecule has 1 aliphatic heterocycles. The fourth-order valence-corrected chi connectivity index (χ4v) is 2.57. The Morgan fingerprint density at radius 2 is 2.22 bits per heavy atom. The standard InChI is InChI=1S/C15H21N5O3/c1-10-13(19-23-18-10)7-20(2)15-6-12(11-4-5-22-8-11)16-14(17-15)9-21-3/h6,11H,4-5,7-9H2,1-3H3/t11-/m1/s1. The molecule has 2 aromatic rings. The number of hydrogen-bond donors (Lipinski definition) is 0. The Bertz CT molecular complexity index is 654. The van der Waals surface area contributed by atoms with E-state index in [0.29, 0.717) is 31.5 Å². The second-order valence-corrected chi connectivity index (χ2v) is 5.71. The zero-order valence-corrected chi connectivity index (χ0v) is 13.7. The van der Waals surface area contributed by atoms with Crippen LogP contribution < -0.4 is 4.90 Å². The lowest BCUT2D eigenvalue weighted by Crippen LogP contribution is -2.20. The lowest BCUT2D eigenvalue weighted by atomic mass is 10.0. The minimum Gasteiger partial charge on any atom is -0.381 e. The molecule has 0 aliphatic carbocycles. The van der Waals surface area contributed by atoms with Crippen molar-refractivity contribution < 1.29 is 14.1 Å². The fourth-order valence-electron chi connectivity index (χ4n) is 2.57. The van der Waals surface area contributed by atoms with Gasteiger partial charge in [-0.3, -0.25) is 0 Å². The van der Waals surface area contributed by atoms with Crippen LogP contribution in [0.5, 0.6) is 0 Å². The summed E-state index contributed by atoms with van der Waals surface area (Å²) in [5, 5.41) is 7.73. The Balaban J connectivity index is 1.85. The third-order valence-corrected chi connectivity index (χ3v) is 3.92. The quantitative estimate of drug-likeness (QED) is 0.791. The summed E-state index contributed by atoms with van der Waals surface area (Å²) in [5.74, 6) is 1.82. The number of hydrogen-bond acceptors (Lipinski definition) is 8. The Hall–Kier alpha value is -2.06. The second-order valence-electron chi connectivity index (χ2n) is 5.71. The van der Waals surface area contributed by atoms with E-state index in [-0.39, 0.29) is 0 Å². The van der Waals surface area contributed by atoms with Crippen LogP contribution in [0.4, 0.5) is 5.82 Å². The lowest BCUT2D eigenvalue weighted by molar-refractivity contribution is 0.177. The zero-order chi connectivity index (χ0) is 16.2. The first-order valence-corrected chi connectivity index (χ1v) is 7.61. The maximum Gasteiger partial charge on any atom is 0.156 e. The van der Waals surface area contributed by atoms with Gasteiger partial charge in [0.05, 0.1) is 18.8 Å². The summed E-state index contributed by atoms with van der Waals surface area (Å²) in [7, 11) is 3.60. The molecule has 1 aliphatic rings. The summed E-state index contributed by atoms with van der Waals surface area (Å²) in [4.78, 5) is 11.2. The minimum absolute atomic E-state index is 0.316. The molecule has 8 nitrogen and oxygen atoms in total. The highest BCUT2D eigenvalue weighted by Crippen LogP contribution is 2.26. The molecule has 0 bridgehead atoms. The topological polar surface area (TPSA) is 86.4 Å². The first kappa shape index (κ1) is 15.8. The number of methoxy groups -OCH3 is 1. The fraction of sp³-hybridized carbons (Fsp3) is 0.600. The van der Waals surface area contributed by atoms with E-state index in [9.17, 15) is 0 Å². The molecule has 0 unspecified atom stereocenters. The molecule has 0 radical (unpaired) electrons. The number of rotatable bonds is 6. The molecule has 0 spiro atoms. The molecule has 124 valence electrons.